The maximum atomic E-state index is 12.6. The van der Waals surface area contributed by atoms with E-state index in [1.807, 2.05) is 0 Å². The number of aromatic nitrogens is 2. The summed E-state index contributed by atoms with van der Waals surface area (Å²) in [5.41, 5.74) is 1.36. The third-order valence-corrected chi connectivity index (χ3v) is 6.78. The van der Waals surface area contributed by atoms with Crippen LogP contribution in [0.3, 0.4) is 0 Å². The minimum absolute atomic E-state index is 0.270. The van der Waals surface area contributed by atoms with Gasteiger partial charge in [-0.1, -0.05) is 5.16 Å². The van der Waals surface area contributed by atoms with Crippen LogP contribution in [0.2, 0.25) is 0 Å². The molecule has 1 aliphatic heterocycles. The van der Waals surface area contributed by atoms with Crippen LogP contribution < -0.4 is 9.47 Å². The lowest BCUT2D eigenvalue weighted by Crippen LogP contribution is -2.27. The fourth-order valence-corrected chi connectivity index (χ4v) is 4.80. The first kappa shape index (κ1) is 19.4. The van der Waals surface area contributed by atoms with Crippen molar-refractivity contribution >= 4 is 10.0 Å². The zero-order chi connectivity index (χ0) is 20.4. The number of nitrogens with zero attached hydrogens (tertiary/aromatic N) is 3. The van der Waals surface area contributed by atoms with Crippen molar-refractivity contribution in [3.63, 3.8) is 0 Å². The molecule has 9 heteroatoms. The van der Waals surface area contributed by atoms with Crippen LogP contribution in [0.25, 0.3) is 22.8 Å². The number of hydrogen-bond donors (Lipinski definition) is 0. The van der Waals surface area contributed by atoms with Gasteiger partial charge in [-0.3, -0.25) is 0 Å². The molecule has 1 fully saturated rings. The molecule has 0 aliphatic carbocycles. The molecule has 0 unspecified atom stereocenters. The maximum Gasteiger partial charge on any atom is 0.258 e. The minimum Gasteiger partial charge on any atom is -0.493 e. The van der Waals surface area contributed by atoms with E-state index < -0.39 is 10.0 Å². The summed E-state index contributed by atoms with van der Waals surface area (Å²) in [7, 11) is -0.327. The molecule has 2 aromatic carbocycles. The van der Waals surface area contributed by atoms with Crippen LogP contribution in [0, 0.1) is 0 Å². The first-order chi connectivity index (χ1) is 14.0. The number of sulfonamides is 1. The van der Waals surface area contributed by atoms with Crippen LogP contribution in [0.1, 0.15) is 12.8 Å². The Kier molecular flexibility index (Phi) is 5.25. The molecule has 0 spiro atoms. The third kappa shape index (κ3) is 3.70. The van der Waals surface area contributed by atoms with E-state index in [0.717, 1.165) is 12.8 Å². The molecule has 1 saturated heterocycles. The topological polar surface area (TPSA) is 94.8 Å². The molecule has 8 nitrogen and oxygen atoms in total. The Hall–Kier alpha value is -2.91. The highest BCUT2D eigenvalue weighted by Gasteiger charge is 2.27. The van der Waals surface area contributed by atoms with Gasteiger partial charge in [0.05, 0.1) is 19.1 Å². The maximum absolute atomic E-state index is 12.6. The van der Waals surface area contributed by atoms with Crippen LogP contribution >= 0.6 is 0 Å². The SMILES string of the molecule is COc1ccc(-c2nc(-c3ccc(S(=O)(=O)N4CCCC4)cc3)no2)cc1OC. The number of rotatable bonds is 6. The Labute approximate surface area is 169 Å². The molecule has 152 valence electrons. The number of methoxy groups -OCH3 is 2. The van der Waals surface area contributed by atoms with Gasteiger partial charge in [0, 0.05) is 24.2 Å². The van der Waals surface area contributed by atoms with E-state index in [1.54, 1.807) is 56.7 Å². The predicted molar refractivity (Wildman–Crippen MR) is 106 cm³/mol. The molecular weight excluding hydrogens is 394 g/mol. The summed E-state index contributed by atoms with van der Waals surface area (Å²) in [6, 6.07) is 11.8. The van der Waals surface area contributed by atoms with Crippen LogP contribution in [-0.2, 0) is 10.0 Å². The molecule has 29 heavy (non-hydrogen) atoms. The molecular formula is C20H21N3O5S. The molecule has 1 aliphatic rings. The van der Waals surface area contributed by atoms with E-state index in [0.29, 0.717) is 47.4 Å². The summed E-state index contributed by atoms with van der Waals surface area (Å²) in [6.45, 7) is 1.15. The van der Waals surface area contributed by atoms with Crippen molar-refractivity contribution in [3.05, 3.63) is 42.5 Å². The molecule has 4 rings (SSSR count). The molecule has 0 N–H and O–H groups in total. The Morgan fingerprint density at radius 3 is 2.24 bits per heavy atom. The van der Waals surface area contributed by atoms with Crippen LogP contribution in [-0.4, -0.2) is 50.2 Å². The van der Waals surface area contributed by atoms with E-state index in [1.165, 1.54) is 4.31 Å². The van der Waals surface area contributed by atoms with E-state index >= 15 is 0 Å². The highest BCUT2D eigenvalue weighted by atomic mass is 32.2. The summed E-state index contributed by atoms with van der Waals surface area (Å²) in [4.78, 5) is 4.69. The van der Waals surface area contributed by atoms with Gasteiger partial charge in [-0.2, -0.15) is 9.29 Å². The third-order valence-electron chi connectivity index (χ3n) is 4.87. The molecule has 0 atom stereocenters. The van der Waals surface area contributed by atoms with Gasteiger partial charge < -0.3 is 14.0 Å². The van der Waals surface area contributed by atoms with Gasteiger partial charge in [0.25, 0.3) is 5.89 Å². The monoisotopic (exact) mass is 415 g/mol. The molecule has 1 aromatic heterocycles. The molecule has 0 radical (unpaired) electrons. The van der Waals surface area contributed by atoms with Gasteiger partial charge >= 0.3 is 0 Å². The number of ether oxygens (including phenoxy) is 2. The fraction of sp³-hybridized carbons (Fsp3) is 0.300. The highest BCUT2D eigenvalue weighted by Crippen LogP contribution is 2.32. The molecule has 0 saturated carbocycles. The second-order valence-corrected chi connectivity index (χ2v) is 8.57. The zero-order valence-corrected chi connectivity index (χ0v) is 17.0. The van der Waals surface area contributed by atoms with Crippen LogP contribution in [0.15, 0.2) is 51.9 Å². The van der Waals surface area contributed by atoms with Gasteiger partial charge in [-0.15, -0.1) is 0 Å². The van der Waals surface area contributed by atoms with Crippen molar-refractivity contribution in [3.8, 4) is 34.3 Å². The average molecular weight is 415 g/mol. The number of benzene rings is 2. The predicted octanol–water partition coefficient (Wildman–Crippen LogP) is 3.21. The van der Waals surface area contributed by atoms with Gasteiger partial charge in [0.1, 0.15) is 0 Å². The van der Waals surface area contributed by atoms with Crippen LogP contribution in [0.4, 0.5) is 0 Å². The summed E-state index contributed by atoms with van der Waals surface area (Å²) in [5.74, 6) is 1.86. The van der Waals surface area contributed by atoms with Crippen molar-refractivity contribution in [2.75, 3.05) is 27.3 Å². The smallest absolute Gasteiger partial charge is 0.258 e. The Balaban J connectivity index is 1.58. The largest absolute Gasteiger partial charge is 0.493 e. The van der Waals surface area contributed by atoms with Crippen molar-refractivity contribution in [1.82, 2.24) is 14.4 Å². The molecule has 3 aromatic rings. The summed E-state index contributed by atoms with van der Waals surface area (Å²) < 4.78 is 42.7. The van der Waals surface area contributed by atoms with Gasteiger partial charge in [0.15, 0.2) is 11.5 Å². The van der Waals surface area contributed by atoms with Gasteiger partial charge in [-0.25, -0.2) is 8.42 Å². The van der Waals surface area contributed by atoms with E-state index in [2.05, 4.69) is 10.1 Å². The van der Waals surface area contributed by atoms with Gasteiger partial charge in [-0.05, 0) is 55.3 Å². The normalized spacial score (nSPS) is 14.8. The van der Waals surface area contributed by atoms with E-state index in [4.69, 9.17) is 14.0 Å². The van der Waals surface area contributed by atoms with Crippen molar-refractivity contribution in [1.29, 1.82) is 0 Å². The first-order valence-corrected chi connectivity index (χ1v) is 10.6. The van der Waals surface area contributed by atoms with Crippen molar-refractivity contribution < 1.29 is 22.4 Å². The Morgan fingerprint density at radius 2 is 1.59 bits per heavy atom. The number of hydrogen-bond acceptors (Lipinski definition) is 7. The lowest BCUT2D eigenvalue weighted by atomic mass is 10.2. The lowest BCUT2D eigenvalue weighted by Gasteiger charge is -2.15. The van der Waals surface area contributed by atoms with E-state index in [-0.39, 0.29) is 4.90 Å². The molecule has 0 bridgehead atoms. The summed E-state index contributed by atoms with van der Waals surface area (Å²) >= 11 is 0. The molecule has 2 heterocycles. The highest BCUT2D eigenvalue weighted by molar-refractivity contribution is 7.89. The summed E-state index contributed by atoms with van der Waals surface area (Å²) in [6.07, 6.45) is 1.80. The van der Waals surface area contributed by atoms with Crippen molar-refractivity contribution in [2.45, 2.75) is 17.7 Å². The lowest BCUT2D eigenvalue weighted by molar-refractivity contribution is 0.355. The van der Waals surface area contributed by atoms with E-state index in [9.17, 15) is 8.42 Å². The first-order valence-electron chi connectivity index (χ1n) is 9.19. The van der Waals surface area contributed by atoms with Gasteiger partial charge in [0.2, 0.25) is 15.8 Å². The Bertz CT molecular complexity index is 1100. The minimum atomic E-state index is -3.45. The quantitative estimate of drug-likeness (QED) is 0.610. The summed E-state index contributed by atoms with van der Waals surface area (Å²) in [5, 5.41) is 4.01. The Morgan fingerprint density at radius 1 is 0.931 bits per heavy atom. The fourth-order valence-electron chi connectivity index (χ4n) is 3.28. The average Bonchev–Trinajstić information content (AvgIpc) is 3.46. The standard InChI is InChI=1S/C20H21N3O5S/c1-26-17-10-7-15(13-18(17)27-2)20-21-19(22-28-20)14-5-8-16(9-6-14)29(24,25)23-11-3-4-12-23/h5-10,13H,3-4,11-12H2,1-2H3. The second-order valence-electron chi connectivity index (χ2n) is 6.63. The second kappa shape index (κ2) is 7.84. The molecule has 0 amide bonds. The zero-order valence-electron chi connectivity index (χ0n) is 16.2. The van der Waals surface area contributed by atoms with Crippen LogP contribution in [0.5, 0.6) is 11.5 Å². The van der Waals surface area contributed by atoms with Crippen molar-refractivity contribution in [2.24, 2.45) is 0 Å².